The first-order chi connectivity index (χ1) is 14.4. The first kappa shape index (κ1) is 19.8. The molecule has 0 unspecified atom stereocenters. The molecule has 8 nitrogen and oxygen atoms in total. The summed E-state index contributed by atoms with van der Waals surface area (Å²) < 4.78 is 1.89. The number of carboxylic acid groups (broad SMARTS) is 1. The van der Waals surface area contributed by atoms with Crippen molar-refractivity contribution in [3.8, 4) is 0 Å². The van der Waals surface area contributed by atoms with Crippen LogP contribution in [0.4, 0.5) is 5.69 Å². The number of hydrogen-bond acceptors (Lipinski definition) is 5. The van der Waals surface area contributed by atoms with Gasteiger partial charge in [0.05, 0.1) is 5.56 Å². The molecule has 0 saturated heterocycles. The molecule has 30 heavy (non-hydrogen) atoms. The molecule has 0 aliphatic heterocycles. The van der Waals surface area contributed by atoms with Crippen LogP contribution in [-0.4, -0.2) is 36.7 Å². The molecule has 1 atom stereocenters. The Kier molecular flexibility index (Phi) is 5.31. The first-order valence-corrected chi connectivity index (χ1v) is 9.90. The van der Waals surface area contributed by atoms with Gasteiger partial charge in [-0.3, -0.25) is 4.79 Å². The summed E-state index contributed by atoms with van der Waals surface area (Å²) in [6.07, 6.45) is 4.35. The minimum absolute atomic E-state index is 0.0862. The second-order valence-electron chi connectivity index (χ2n) is 7.79. The van der Waals surface area contributed by atoms with Gasteiger partial charge in [0.25, 0.3) is 5.91 Å². The predicted octanol–water partition coefficient (Wildman–Crippen LogP) is 3.38. The van der Waals surface area contributed by atoms with Gasteiger partial charge in [-0.05, 0) is 48.6 Å². The number of pyridine rings is 1. The zero-order valence-electron chi connectivity index (χ0n) is 16.9. The van der Waals surface area contributed by atoms with Crippen molar-refractivity contribution in [2.45, 2.75) is 38.0 Å². The number of hydrogen-bond donors (Lipinski definition) is 2. The number of aromatic carboxylic acids is 1. The molecule has 1 aliphatic carbocycles. The molecule has 1 amide bonds. The van der Waals surface area contributed by atoms with E-state index in [1.807, 2.05) is 29.8 Å². The lowest BCUT2D eigenvalue weighted by molar-refractivity contribution is 0.0696. The van der Waals surface area contributed by atoms with Crippen molar-refractivity contribution in [3.63, 3.8) is 0 Å². The van der Waals surface area contributed by atoms with Gasteiger partial charge in [-0.15, -0.1) is 10.2 Å². The number of aromatic nitrogens is 4. The minimum atomic E-state index is -1.06. The fraction of sp³-hybridized carbons (Fsp3) is 0.318. The topological polar surface area (TPSA) is 110 Å². The number of carbonyl (C=O) groups excluding carboxylic acids is 1. The number of amides is 1. The van der Waals surface area contributed by atoms with Crippen LogP contribution in [0.1, 0.15) is 69.5 Å². The van der Waals surface area contributed by atoms with Crippen LogP contribution in [0.3, 0.4) is 0 Å². The van der Waals surface area contributed by atoms with E-state index < -0.39 is 11.9 Å². The summed E-state index contributed by atoms with van der Waals surface area (Å²) in [5.41, 5.74) is 2.57. The Morgan fingerprint density at radius 3 is 2.73 bits per heavy atom. The molecule has 0 bridgehead atoms. The predicted molar refractivity (Wildman–Crippen MR) is 111 cm³/mol. The molecule has 4 rings (SSSR count). The highest BCUT2D eigenvalue weighted by molar-refractivity contribution is 6.04. The molecule has 8 heteroatoms. The van der Waals surface area contributed by atoms with Gasteiger partial charge in [-0.25, -0.2) is 9.78 Å². The van der Waals surface area contributed by atoms with E-state index in [-0.39, 0.29) is 23.1 Å². The third-order valence-electron chi connectivity index (χ3n) is 5.33. The maximum atomic E-state index is 12.8. The van der Waals surface area contributed by atoms with E-state index in [0.717, 1.165) is 30.7 Å². The molecular weight excluding hydrogens is 382 g/mol. The van der Waals surface area contributed by atoms with Gasteiger partial charge < -0.3 is 15.0 Å². The quantitative estimate of drug-likeness (QED) is 0.623. The van der Waals surface area contributed by atoms with E-state index in [1.54, 1.807) is 18.5 Å². The number of nitrogens with one attached hydrogen (secondary N) is 1. The maximum Gasteiger partial charge on any atom is 0.335 e. The monoisotopic (exact) mass is 405 g/mol. The number of aryl methyl sites for hydroxylation is 1. The van der Waals surface area contributed by atoms with E-state index in [2.05, 4.69) is 27.4 Å². The van der Waals surface area contributed by atoms with Crippen molar-refractivity contribution >= 4 is 17.6 Å². The van der Waals surface area contributed by atoms with E-state index in [4.69, 9.17) is 0 Å². The molecule has 3 aromatic rings. The molecule has 1 saturated carbocycles. The van der Waals surface area contributed by atoms with Crippen LogP contribution < -0.4 is 5.32 Å². The SMILES string of the molecule is C[C@@H](Cc1nncn1C)c1cccc(NC(=O)c2cc(C(=O)O)cc(C3CC3)n2)c1. The highest BCUT2D eigenvalue weighted by Crippen LogP contribution is 2.39. The second kappa shape index (κ2) is 8.06. The first-order valence-electron chi connectivity index (χ1n) is 9.90. The average Bonchev–Trinajstić information content (AvgIpc) is 3.51. The van der Waals surface area contributed by atoms with Crippen LogP contribution in [0.15, 0.2) is 42.7 Å². The zero-order chi connectivity index (χ0) is 21.3. The summed E-state index contributed by atoms with van der Waals surface area (Å²) in [5, 5.41) is 20.2. The highest BCUT2D eigenvalue weighted by Gasteiger charge is 2.27. The van der Waals surface area contributed by atoms with Crippen LogP contribution in [0.5, 0.6) is 0 Å². The standard InChI is InChI=1S/C22H23N5O3/c1-13(8-20-26-23-12-27(20)2)15-4-3-5-17(9-15)24-21(28)19-11-16(22(29)30)10-18(25-19)14-6-7-14/h3-5,9-14H,6-8H2,1-2H3,(H,24,28)(H,29,30)/t13-/m0/s1. The molecule has 1 fully saturated rings. The summed E-state index contributed by atoms with van der Waals surface area (Å²) in [6, 6.07) is 10.5. The van der Waals surface area contributed by atoms with Crippen molar-refractivity contribution in [1.29, 1.82) is 0 Å². The van der Waals surface area contributed by atoms with Crippen LogP contribution >= 0.6 is 0 Å². The Morgan fingerprint density at radius 2 is 2.07 bits per heavy atom. The van der Waals surface area contributed by atoms with Gasteiger partial charge in [-0.2, -0.15) is 0 Å². The van der Waals surface area contributed by atoms with Gasteiger partial charge in [0, 0.05) is 30.8 Å². The Bertz CT molecular complexity index is 1100. The molecule has 0 radical (unpaired) electrons. The van der Waals surface area contributed by atoms with E-state index in [9.17, 15) is 14.7 Å². The normalized spacial score (nSPS) is 14.3. The molecule has 0 spiro atoms. The number of nitrogens with zero attached hydrogens (tertiary/aromatic N) is 4. The lowest BCUT2D eigenvalue weighted by atomic mass is 9.97. The summed E-state index contributed by atoms with van der Waals surface area (Å²) >= 11 is 0. The van der Waals surface area contributed by atoms with E-state index in [0.29, 0.717) is 11.4 Å². The van der Waals surface area contributed by atoms with E-state index >= 15 is 0 Å². The molecule has 154 valence electrons. The van der Waals surface area contributed by atoms with Gasteiger partial charge in [0.1, 0.15) is 17.8 Å². The van der Waals surface area contributed by atoms with Crippen molar-refractivity contribution in [3.05, 3.63) is 71.1 Å². The third kappa shape index (κ3) is 4.37. The number of anilines is 1. The van der Waals surface area contributed by atoms with Crippen LogP contribution in [0.25, 0.3) is 0 Å². The molecule has 2 aromatic heterocycles. The fourth-order valence-electron chi connectivity index (χ4n) is 3.38. The van der Waals surface area contributed by atoms with Crippen LogP contribution in [-0.2, 0) is 13.5 Å². The molecule has 2 N–H and O–H groups in total. The van der Waals surface area contributed by atoms with E-state index in [1.165, 1.54) is 6.07 Å². The summed E-state index contributed by atoms with van der Waals surface area (Å²) in [7, 11) is 1.91. The lowest BCUT2D eigenvalue weighted by Gasteiger charge is -2.13. The highest BCUT2D eigenvalue weighted by atomic mass is 16.4. The zero-order valence-corrected chi connectivity index (χ0v) is 16.9. The van der Waals surface area contributed by atoms with Crippen molar-refractivity contribution in [2.75, 3.05) is 5.32 Å². The Balaban J connectivity index is 1.52. The largest absolute Gasteiger partial charge is 0.478 e. The molecule has 1 aliphatic rings. The molecule has 2 heterocycles. The summed E-state index contributed by atoms with van der Waals surface area (Å²) in [6.45, 7) is 2.09. The van der Waals surface area contributed by atoms with Crippen molar-refractivity contribution in [2.24, 2.45) is 7.05 Å². The minimum Gasteiger partial charge on any atom is -0.478 e. The van der Waals surface area contributed by atoms with Gasteiger partial charge in [0.15, 0.2) is 0 Å². The van der Waals surface area contributed by atoms with Crippen LogP contribution in [0, 0.1) is 0 Å². The van der Waals surface area contributed by atoms with Gasteiger partial charge in [0.2, 0.25) is 0 Å². The smallest absolute Gasteiger partial charge is 0.335 e. The number of carbonyl (C=O) groups is 2. The second-order valence-corrected chi connectivity index (χ2v) is 7.79. The fourth-order valence-corrected chi connectivity index (χ4v) is 3.38. The summed E-state index contributed by atoms with van der Waals surface area (Å²) in [5.74, 6) is -0.161. The van der Waals surface area contributed by atoms with Crippen molar-refractivity contribution < 1.29 is 14.7 Å². The molecule has 1 aromatic carbocycles. The molecular formula is C22H23N5O3. The number of rotatable bonds is 7. The number of carboxylic acids is 1. The summed E-state index contributed by atoms with van der Waals surface area (Å²) in [4.78, 5) is 28.6. The maximum absolute atomic E-state index is 12.8. The van der Waals surface area contributed by atoms with Crippen molar-refractivity contribution in [1.82, 2.24) is 19.7 Å². The van der Waals surface area contributed by atoms with Crippen LogP contribution in [0.2, 0.25) is 0 Å². The Labute approximate surface area is 174 Å². The Morgan fingerprint density at radius 1 is 1.27 bits per heavy atom. The lowest BCUT2D eigenvalue weighted by Crippen LogP contribution is -2.16. The Hall–Kier alpha value is -3.55. The third-order valence-corrected chi connectivity index (χ3v) is 5.33. The van der Waals surface area contributed by atoms with Gasteiger partial charge >= 0.3 is 5.97 Å². The average molecular weight is 405 g/mol. The number of benzene rings is 1. The van der Waals surface area contributed by atoms with Gasteiger partial charge in [-0.1, -0.05) is 19.1 Å².